The molecule has 0 unspecified atom stereocenters. The molecule has 0 atom stereocenters. The summed E-state index contributed by atoms with van der Waals surface area (Å²) in [5, 5.41) is 0. The molecule has 3 heteroatoms. The van der Waals surface area contributed by atoms with Gasteiger partial charge in [0, 0.05) is 0 Å². The maximum atomic E-state index is 12.7. The second-order valence-corrected chi connectivity index (χ2v) is 8.61. The van der Waals surface area contributed by atoms with E-state index < -0.39 is 6.43 Å². The Balaban J connectivity index is 1.38. The van der Waals surface area contributed by atoms with Crippen LogP contribution in [0.4, 0.5) is 13.2 Å². The quantitative estimate of drug-likeness (QED) is 0.424. The van der Waals surface area contributed by atoms with Crippen molar-refractivity contribution in [1.29, 1.82) is 0 Å². The highest BCUT2D eigenvalue weighted by atomic mass is 19.3. The van der Waals surface area contributed by atoms with Crippen LogP contribution in [-0.4, -0.2) is 6.43 Å². The molecule has 150 valence electrons. The summed E-state index contributed by atoms with van der Waals surface area (Å²) >= 11 is 0. The molecule has 27 heavy (non-hydrogen) atoms. The van der Waals surface area contributed by atoms with Gasteiger partial charge < -0.3 is 0 Å². The van der Waals surface area contributed by atoms with Crippen molar-refractivity contribution < 1.29 is 13.2 Å². The van der Waals surface area contributed by atoms with Gasteiger partial charge in [-0.25, -0.2) is 13.2 Å². The predicted octanol–water partition coefficient (Wildman–Crippen LogP) is 7.84. The highest BCUT2D eigenvalue weighted by Crippen LogP contribution is 2.44. The molecule has 2 saturated carbocycles. The van der Waals surface area contributed by atoms with E-state index >= 15 is 0 Å². The first-order valence-electron chi connectivity index (χ1n) is 10.7. The summed E-state index contributed by atoms with van der Waals surface area (Å²) in [6, 6.07) is 8.10. The Labute approximate surface area is 162 Å². The average Bonchev–Trinajstić information content (AvgIpc) is 2.72. The zero-order chi connectivity index (χ0) is 19.1. The minimum atomic E-state index is -2.31. The van der Waals surface area contributed by atoms with E-state index in [-0.39, 0.29) is 6.67 Å². The summed E-state index contributed by atoms with van der Waals surface area (Å²) < 4.78 is 36.9. The standard InChI is InChI=1S/C24H33F3/c25-17-19-7-11-21(12-8-19)23-15-13-22(14-16-23)20-9-5-18(6-10-20)3-1-2-4-24(26)27/h2,4,7-8,11-12,18,20,22-24H,1,3,5-6,9-10,13-17H2/b4-2+. The Hall–Kier alpha value is -1.25. The Kier molecular flexibility index (Phi) is 7.84. The lowest BCUT2D eigenvalue weighted by atomic mass is 9.68. The van der Waals surface area contributed by atoms with Crippen molar-refractivity contribution in [3.05, 3.63) is 47.5 Å². The fraction of sp³-hybridized carbons (Fsp3) is 0.667. The van der Waals surface area contributed by atoms with Crippen LogP contribution < -0.4 is 0 Å². The van der Waals surface area contributed by atoms with E-state index in [0.717, 1.165) is 42.2 Å². The first-order valence-corrected chi connectivity index (χ1v) is 10.7. The van der Waals surface area contributed by atoms with Gasteiger partial charge in [0.05, 0.1) is 0 Å². The monoisotopic (exact) mass is 378 g/mol. The third-order valence-electron chi connectivity index (χ3n) is 6.96. The number of hydrogen-bond donors (Lipinski definition) is 0. The summed E-state index contributed by atoms with van der Waals surface area (Å²) in [6.07, 6.45) is 12.6. The molecular formula is C24H33F3. The van der Waals surface area contributed by atoms with Crippen molar-refractivity contribution in [3.63, 3.8) is 0 Å². The first-order chi connectivity index (χ1) is 13.2. The highest BCUT2D eigenvalue weighted by Gasteiger charge is 2.31. The van der Waals surface area contributed by atoms with E-state index in [4.69, 9.17) is 0 Å². The maximum Gasteiger partial charge on any atom is 0.257 e. The third kappa shape index (κ3) is 6.12. The number of benzene rings is 1. The van der Waals surface area contributed by atoms with E-state index in [9.17, 15) is 13.2 Å². The lowest BCUT2D eigenvalue weighted by Gasteiger charge is -2.38. The molecule has 0 N–H and O–H groups in total. The second kappa shape index (κ2) is 10.3. The SMILES string of the molecule is FCc1ccc(C2CCC(C3CCC(CC/C=C/C(F)F)CC3)CC2)cc1. The van der Waals surface area contributed by atoms with E-state index in [0.29, 0.717) is 5.92 Å². The van der Waals surface area contributed by atoms with Crippen molar-refractivity contribution in [2.45, 2.75) is 83.2 Å². The summed E-state index contributed by atoms with van der Waals surface area (Å²) in [4.78, 5) is 0. The van der Waals surface area contributed by atoms with E-state index in [1.54, 1.807) is 6.08 Å². The molecule has 0 spiro atoms. The molecule has 0 bridgehead atoms. The fourth-order valence-corrected chi connectivity index (χ4v) is 5.28. The Bertz CT molecular complexity index is 562. The molecule has 0 radical (unpaired) electrons. The van der Waals surface area contributed by atoms with Gasteiger partial charge in [-0.05, 0) is 92.2 Å². The molecule has 2 aliphatic carbocycles. The van der Waals surface area contributed by atoms with Crippen molar-refractivity contribution in [1.82, 2.24) is 0 Å². The van der Waals surface area contributed by atoms with Gasteiger partial charge in [-0.1, -0.05) is 43.2 Å². The maximum absolute atomic E-state index is 12.7. The predicted molar refractivity (Wildman–Crippen MR) is 106 cm³/mol. The summed E-state index contributed by atoms with van der Waals surface area (Å²) in [6.45, 7) is -0.377. The van der Waals surface area contributed by atoms with Crippen molar-refractivity contribution in [3.8, 4) is 0 Å². The van der Waals surface area contributed by atoms with Crippen LogP contribution in [0.5, 0.6) is 0 Å². The van der Waals surface area contributed by atoms with Gasteiger partial charge in [0.15, 0.2) is 0 Å². The minimum absolute atomic E-state index is 0.377. The first kappa shape index (κ1) is 20.5. The second-order valence-electron chi connectivity index (χ2n) is 8.61. The van der Waals surface area contributed by atoms with Crippen LogP contribution in [-0.2, 0) is 6.67 Å². The van der Waals surface area contributed by atoms with Gasteiger partial charge in [0.25, 0.3) is 6.43 Å². The van der Waals surface area contributed by atoms with Gasteiger partial charge in [0.1, 0.15) is 6.67 Å². The molecule has 3 rings (SSSR count). The fourth-order valence-electron chi connectivity index (χ4n) is 5.28. The third-order valence-corrected chi connectivity index (χ3v) is 6.96. The molecule has 2 fully saturated rings. The van der Waals surface area contributed by atoms with Crippen molar-refractivity contribution in [2.75, 3.05) is 0 Å². The molecule has 2 aliphatic rings. The van der Waals surface area contributed by atoms with Gasteiger partial charge in [-0.2, -0.15) is 0 Å². The van der Waals surface area contributed by atoms with Crippen LogP contribution in [0.1, 0.15) is 81.3 Å². The number of rotatable bonds is 7. The highest BCUT2D eigenvalue weighted by molar-refractivity contribution is 5.25. The lowest BCUT2D eigenvalue weighted by Crippen LogP contribution is -2.25. The number of halogens is 3. The lowest BCUT2D eigenvalue weighted by molar-refractivity contribution is 0.157. The zero-order valence-corrected chi connectivity index (χ0v) is 16.3. The smallest absolute Gasteiger partial charge is 0.246 e. The van der Waals surface area contributed by atoms with E-state index in [2.05, 4.69) is 12.1 Å². The Morgan fingerprint density at radius 1 is 0.852 bits per heavy atom. The van der Waals surface area contributed by atoms with Gasteiger partial charge >= 0.3 is 0 Å². The molecule has 0 amide bonds. The molecule has 0 aromatic heterocycles. The molecule has 1 aromatic carbocycles. The molecule has 0 saturated heterocycles. The number of allylic oxidation sites excluding steroid dienone is 2. The molecule has 0 nitrogen and oxygen atoms in total. The zero-order valence-electron chi connectivity index (χ0n) is 16.3. The van der Waals surface area contributed by atoms with E-state index in [1.165, 1.54) is 56.9 Å². The molecule has 0 aliphatic heterocycles. The van der Waals surface area contributed by atoms with Crippen LogP contribution in [0.3, 0.4) is 0 Å². The Morgan fingerprint density at radius 2 is 1.44 bits per heavy atom. The van der Waals surface area contributed by atoms with Crippen molar-refractivity contribution >= 4 is 0 Å². The van der Waals surface area contributed by atoms with Gasteiger partial charge in [0.2, 0.25) is 0 Å². The van der Waals surface area contributed by atoms with Crippen LogP contribution in [0, 0.1) is 17.8 Å². The van der Waals surface area contributed by atoms with E-state index in [1.807, 2.05) is 12.1 Å². The Morgan fingerprint density at radius 3 is 2.00 bits per heavy atom. The van der Waals surface area contributed by atoms with Crippen LogP contribution >= 0.6 is 0 Å². The van der Waals surface area contributed by atoms with Crippen molar-refractivity contribution in [2.24, 2.45) is 17.8 Å². The average molecular weight is 379 g/mol. The van der Waals surface area contributed by atoms with Gasteiger partial charge in [-0.3, -0.25) is 0 Å². The summed E-state index contributed by atoms with van der Waals surface area (Å²) in [5.41, 5.74) is 2.15. The number of hydrogen-bond acceptors (Lipinski definition) is 0. The number of alkyl halides is 3. The van der Waals surface area contributed by atoms with Gasteiger partial charge in [-0.15, -0.1) is 0 Å². The largest absolute Gasteiger partial charge is 0.257 e. The minimum Gasteiger partial charge on any atom is -0.246 e. The molecule has 1 aromatic rings. The van der Waals surface area contributed by atoms with Crippen LogP contribution in [0.25, 0.3) is 0 Å². The molecular weight excluding hydrogens is 345 g/mol. The topological polar surface area (TPSA) is 0 Å². The normalized spacial score (nSPS) is 29.5. The van der Waals surface area contributed by atoms with Crippen LogP contribution in [0.15, 0.2) is 36.4 Å². The summed E-state index contributed by atoms with van der Waals surface area (Å²) in [7, 11) is 0. The van der Waals surface area contributed by atoms with Crippen LogP contribution in [0.2, 0.25) is 0 Å². The summed E-state index contributed by atoms with van der Waals surface area (Å²) in [5.74, 6) is 3.11. The molecule has 0 heterocycles.